The number of nitrogens with zero attached hydrogens (tertiary/aromatic N) is 2. The summed E-state index contributed by atoms with van der Waals surface area (Å²) in [4.78, 5) is 12.0. The van der Waals surface area contributed by atoms with E-state index >= 15 is 0 Å². The topological polar surface area (TPSA) is 116 Å². The number of nitrogens with two attached hydrogens (primary N) is 1. The first kappa shape index (κ1) is 14.6. The maximum atomic E-state index is 12.0. The van der Waals surface area contributed by atoms with Crippen LogP contribution in [-0.4, -0.2) is 27.1 Å². The Morgan fingerprint density at radius 2 is 2.19 bits per heavy atom. The van der Waals surface area contributed by atoms with E-state index in [1.165, 1.54) is 11.8 Å². The second-order valence-electron chi connectivity index (χ2n) is 4.79. The molecule has 5 N–H and O–H groups in total. The lowest BCUT2D eigenvalue weighted by Crippen LogP contribution is -2.19. The number of carbonyl (C=O) groups excluding carboxylic acids is 1. The highest BCUT2D eigenvalue weighted by atomic mass is 16.4. The van der Waals surface area contributed by atoms with Gasteiger partial charge in [-0.15, -0.1) is 0 Å². The number of benzene rings is 1. The normalized spacial score (nSPS) is 11.4. The Kier molecular flexibility index (Phi) is 4.22. The van der Waals surface area contributed by atoms with Gasteiger partial charge in [0.05, 0.1) is 18.2 Å². The van der Waals surface area contributed by atoms with Crippen LogP contribution in [0.3, 0.4) is 0 Å². The van der Waals surface area contributed by atoms with Crippen LogP contribution in [0.4, 0.5) is 5.82 Å². The van der Waals surface area contributed by atoms with Gasteiger partial charge in [-0.3, -0.25) is 9.89 Å². The fourth-order valence-electron chi connectivity index (χ4n) is 1.91. The first-order valence-corrected chi connectivity index (χ1v) is 6.38. The molecule has 0 fully saturated rings. The van der Waals surface area contributed by atoms with Gasteiger partial charge in [-0.25, -0.2) is 0 Å². The van der Waals surface area contributed by atoms with Crippen molar-refractivity contribution in [2.24, 2.45) is 10.9 Å². The molecule has 1 amide bonds. The number of rotatable bonds is 4. The quantitative estimate of drug-likeness (QED) is 0.293. The van der Waals surface area contributed by atoms with Crippen molar-refractivity contribution < 1.29 is 10.0 Å². The van der Waals surface area contributed by atoms with E-state index in [0.717, 1.165) is 11.1 Å². The predicted octanol–water partition coefficient (Wildman–Crippen LogP) is 1.30. The van der Waals surface area contributed by atoms with Gasteiger partial charge in [0.1, 0.15) is 5.82 Å². The molecule has 2 aromatic rings. The average Bonchev–Trinajstić information content (AvgIpc) is 2.90. The molecule has 1 aromatic heterocycles. The molecule has 1 heterocycles. The number of aryl methyl sites for hydroxylation is 2. The Bertz CT molecular complexity index is 690. The van der Waals surface area contributed by atoms with E-state index in [1.807, 2.05) is 32.0 Å². The Labute approximate surface area is 121 Å². The number of amidine groups is 1. The monoisotopic (exact) mass is 287 g/mol. The Morgan fingerprint density at radius 1 is 1.43 bits per heavy atom. The number of anilines is 1. The molecule has 1 aromatic carbocycles. The SMILES string of the molecule is Cc1ccc(CC(=O)Nc2[nH]ncc2C(N)=NO)cc1C. The molecule has 0 radical (unpaired) electrons. The van der Waals surface area contributed by atoms with Crippen molar-refractivity contribution in [3.05, 3.63) is 46.6 Å². The van der Waals surface area contributed by atoms with Crippen molar-refractivity contribution in [2.75, 3.05) is 5.32 Å². The third kappa shape index (κ3) is 3.38. The van der Waals surface area contributed by atoms with Crippen molar-refractivity contribution in [1.82, 2.24) is 10.2 Å². The summed E-state index contributed by atoms with van der Waals surface area (Å²) in [5.74, 6) is -0.0288. The van der Waals surface area contributed by atoms with Gasteiger partial charge in [0.25, 0.3) is 0 Å². The summed E-state index contributed by atoms with van der Waals surface area (Å²) < 4.78 is 0. The second-order valence-corrected chi connectivity index (χ2v) is 4.79. The molecule has 7 heteroatoms. The molecule has 0 spiro atoms. The van der Waals surface area contributed by atoms with Crippen LogP contribution in [0.25, 0.3) is 0 Å². The predicted molar refractivity (Wildman–Crippen MR) is 79.3 cm³/mol. The highest BCUT2D eigenvalue weighted by molar-refractivity contribution is 6.04. The van der Waals surface area contributed by atoms with Gasteiger partial charge in [0.2, 0.25) is 5.91 Å². The van der Waals surface area contributed by atoms with Crippen molar-refractivity contribution in [2.45, 2.75) is 20.3 Å². The van der Waals surface area contributed by atoms with E-state index in [4.69, 9.17) is 10.9 Å². The van der Waals surface area contributed by atoms with E-state index < -0.39 is 0 Å². The summed E-state index contributed by atoms with van der Waals surface area (Å²) >= 11 is 0. The molecule has 0 saturated carbocycles. The minimum Gasteiger partial charge on any atom is -0.409 e. The summed E-state index contributed by atoms with van der Waals surface area (Å²) in [5, 5.41) is 20.6. The van der Waals surface area contributed by atoms with Crippen LogP contribution in [-0.2, 0) is 11.2 Å². The Balaban J connectivity index is 2.08. The number of oxime groups is 1. The molecule has 2 rings (SSSR count). The van der Waals surface area contributed by atoms with E-state index in [-0.39, 0.29) is 18.2 Å². The Morgan fingerprint density at radius 3 is 2.86 bits per heavy atom. The number of hydrogen-bond donors (Lipinski definition) is 4. The lowest BCUT2D eigenvalue weighted by Gasteiger charge is -2.07. The highest BCUT2D eigenvalue weighted by Gasteiger charge is 2.13. The Hall–Kier alpha value is -2.83. The van der Waals surface area contributed by atoms with Crippen LogP contribution in [0.5, 0.6) is 0 Å². The summed E-state index contributed by atoms with van der Waals surface area (Å²) in [6, 6.07) is 5.88. The largest absolute Gasteiger partial charge is 0.409 e. The first-order chi connectivity index (χ1) is 10.0. The molecule has 0 aliphatic heterocycles. The molecule has 0 unspecified atom stereocenters. The number of nitrogens with one attached hydrogen (secondary N) is 2. The highest BCUT2D eigenvalue weighted by Crippen LogP contribution is 2.13. The van der Waals surface area contributed by atoms with Gasteiger partial charge in [-0.2, -0.15) is 5.10 Å². The summed E-state index contributed by atoms with van der Waals surface area (Å²) in [6.07, 6.45) is 1.61. The molecule has 21 heavy (non-hydrogen) atoms. The molecular formula is C14H17N5O2. The summed E-state index contributed by atoms with van der Waals surface area (Å²) in [6.45, 7) is 4.02. The zero-order chi connectivity index (χ0) is 15.4. The molecule has 110 valence electrons. The van der Waals surface area contributed by atoms with E-state index in [0.29, 0.717) is 11.4 Å². The van der Waals surface area contributed by atoms with Crippen LogP contribution in [0.2, 0.25) is 0 Å². The molecule has 0 aliphatic rings. The number of carbonyl (C=O) groups is 1. The maximum absolute atomic E-state index is 12.0. The van der Waals surface area contributed by atoms with Gasteiger partial charge in [0.15, 0.2) is 5.84 Å². The minimum absolute atomic E-state index is 0.120. The molecule has 0 bridgehead atoms. The standard InChI is InChI=1S/C14H17N5O2/c1-8-3-4-10(5-9(8)2)6-12(20)17-14-11(7-16-18-14)13(15)19-21/h3-5,7,21H,6H2,1-2H3,(H2,15,19)(H2,16,17,18,20). The van der Waals surface area contributed by atoms with Crippen molar-refractivity contribution in [1.29, 1.82) is 0 Å². The minimum atomic E-state index is -0.213. The van der Waals surface area contributed by atoms with Gasteiger partial charge in [-0.1, -0.05) is 23.4 Å². The van der Waals surface area contributed by atoms with Crippen LogP contribution in [0.1, 0.15) is 22.3 Å². The van der Waals surface area contributed by atoms with Crippen LogP contribution >= 0.6 is 0 Å². The van der Waals surface area contributed by atoms with Crippen LogP contribution in [0.15, 0.2) is 29.6 Å². The van der Waals surface area contributed by atoms with Crippen molar-refractivity contribution in [3.8, 4) is 0 Å². The zero-order valence-corrected chi connectivity index (χ0v) is 11.8. The van der Waals surface area contributed by atoms with Crippen LogP contribution < -0.4 is 11.1 Å². The lowest BCUT2D eigenvalue weighted by atomic mass is 10.0. The molecule has 0 saturated heterocycles. The van der Waals surface area contributed by atoms with Gasteiger partial charge >= 0.3 is 0 Å². The zero-order valence-electron chi connectivity index (χ0n) is 11.8. The molecule has 7 nitrogen and oxygen atoms in total. The third-order valence-corrected chi connectivity index (χ3v) is 3.22. The van der Waals surface area contributed by atoms with Crippen molar-refractivity contribution in [3.63, 3.8) is 0 Å². The van der Waals surface area contributed by atoms with Gasteiger partial charge in [0, 0.05) is 0 Å². The summed E-state index contributed by atoms with van der Waals surface area (Å²) in [5.41, 5.74) is 9.07. The molecular weight excluding hydrogens is 270 g/mol. The summed E-state index contributed by atoms with van der Waals surface area (Å²) in [7, 11) is 0. The fraction of sp³-hybridized carbons (Fsp3) is 0.214. The number of aromatic amines is 1. The van der Waals surface area contributed by atoms with E-state index in [1.54, 1.807) is 0 Å². The second kappa shape index (κ2) is 6.08. The smallest absolute Gasteiger partial charge is 0.229 e. The molecule has 0 atom stereocenters. The van der Waals surface area contributed by atoms with Crippen molar-refractivity contribution >= 4 is 17.6 Å². The number of aromatic nitrogens is 2. The average molecular weight is 287 g/mol. The lowest BCUT2D eigenvalue weighted by molar-refractivity contribution is -0.115. The van der Waals surface area contributed by atoms with Crippen LogP contribution in [0, 0.1) is 13.8 Å². The van der Waals surface area contributed by atoms with Gasteiger partial charge in [-0.05, 0) is 30.5 Å². The fourth-order valence-corrected chi connectivity index (χ4v) is 1.91. The number of amides is 1. The number of H-pyrrole nitrogens is 1. The van der Waals surface area contributed by atoms with E-state index in [2.05, 4.69) is 20.7 Å². The third-order valence-electron chi connectivity index (χ3n) is 3.22. The molecule has 0 aliphatic carbocycles. The van der Waals surface area contributed by atoms with Gasteiger partial charge < -0.3 is 16.3 Å². The number of hydrogen-bond acceptors (Lipinski definition) is 4. The van der Waals surface area contributed by atoms with E-state index in [9.17, 15) is 4.79 Å². The first-order valence-electron chi connectivity index (χ1n) is 6.38. The maximum Gasteiger partial charge on any atom is 0.229 e.